The van der Waals surface area contributed by atoms with E-state index < -0.39 is 23.1 Å². The molecule has 142 valence electrons. The monoisotopic (exact) mass is 439 g/mol. The van der Waals surface area contributed by atoms with Gasteiger partial charge in [-0.25, -0.2) is 4.39 Å². The summed E-state index contributed by atoms with van der Waals surface area (Å²) in [6.07, 6.45) is 1.92. The third-order valence-corrected chi connectivity index (χ3v) is 6.21. The Bertz CT molecular complexity index is 991. The molecule has 1 aliphatic heterocycles. The van der Waals surface area contributed by atoms with Crippen LogP contribution in [0.5, 0.6) is 0 Å². The number of hydrogen-bond acceptors (Lipinski definition) is 5. The number of halogens is 2. The normalized spacial score (nSPS) is 24.0. The largest absolute Gasteiger partial charge is 0.399 e. The van der Waals surface area contributed by atoms with Crippen molar-refractivity contribution in [3.8, 4) is 18.2 Å². The van der Waals surface area contributed by atoms with Crippen LogP contribution in [0.3, 0.4) is 0 Å². The maximum Gasteiger partial charge on any atom is 0.191 e. The molecule has 2 unspecified atom stereocenters. The Balaban J connectivity index is 2.35. The second kappa shape index (κ2) is 7.40. The van der Waals surface area contributed by atoms with Crippen LogP contribution < -0.4 is 5.73 Å². The second-order valence-corrected chi connectivity index (χ2v) is 8.30. The number of benzene rings is 1. The van der Waals surface area contributed by atoms with Crippen LogP contribution in [0.1, 0.15) is 25.3 Å². The first kappa shape index (κ1) is 20.1. The van der Waals surface area contributed by atoms with Gasteiger partial charge in [0.25, 0.3) is 0 Å². The SMILES string of the molecule is CC(C)N1CC=C2C(C#N)=C(N)C(C#N)(C#N)C(c3cc(Br)ccc3F)C2C1. The van der Waals surface area contributed by atoms with Gasteiger partial charge in [-0.1, -0.05) is 22.0 Å². The summed E-state index contributed by atoms with van der Waals surface area (Å²) >= 11 is 3.35. The van der Waals surface area contributed by atoms with Gasteiger partial charge in [-0.2, -0.15) is 15.8 Å². The molecule has 1 aliphatic carbocycles. The smallest absolute Gasteiger partial charge is 0.191 e. The van der Waals surface area contributed by atoms with E-state index in [0.717, 1.165) is 0 Å². The number of allylic oxidation sites excluding steroid dienone is 2. The van der Waals surface area contributed by atoms with Crippen LogP contribution >= 0.6 is 15.9 Å². The van der Waals surface area contributed by atoms with Crippen LogP contribution in [0.4, 0.5) is 4.39 Å². The summed E-state index contributed by atoms with van der Waals surface area (Å²) in [5.74, 6) is -1.73. The van der Waals surface area contributed by atoms with Gasteiger partial charge in [0.1, 0.15) is 11.9 Å². The highest BCUT2D eigenvalue weighted by Gasteiger charge is 2.55. The molecule has 0 aromatic heterocycles. The third kappa shape index (κ3) is 2.90. The lowest BCUT2D eigenvalue weighted by atomic mass is 9.58. The van der Waals surface area contributed by atoms with Gasteiger partial charge in [0.15, 0.2) is 5.41 Å². The molecule has 1 aromatic rings. The first-order valence-electron chi connectivity index (χ1n) is 8.93. The van der Waals surface area contributed by atoms with E-state index in [2.05, 4.69) is 26.9 Å². The minimum absolute atomic E-state index is 0.0927. The van der Waals surface area contributed by atoms with Crippen LogP contribution in [-0.2, 0) is 0 Å². The van der Waals surface area contributed by atoms with Crippen molar-refractivity contribution in [1.29, 1.82) is 15.8 Å². The highest BCUT2D eigenvalue weighted by Crippen LogP contribution is 2.54. The van der Waals surface area contributed by atoms with Crippen LogP contribution in [0.25, 0.3) is 0 Å². The number of nitriles is 3. The Labute approximate surface area is 172 Å². The number of nitrogens with zero attached hydrogens (tertiary/aromatic N) is 4. The maximum absolute atomic E-state index is 14.9. The molecule has 1 aromatic carbocycles. The molecular formula is C21H19BrFN5. The first-order valence-corrected chi connectivity index (χ1v) is 9.72. The van der Waals surface area contributed by atoms with Crippen molar-refractivity contribution in [2.75, 3.05) is 13.1 Å². The fourth-order valence-electron chi connectivity index (χ4n) is 4.22. The van der Waals surface area contributed by atoms with Crippen molar-refractivity contribution >= 4 is 15.9 Å². The average molecular weight is 440 g/mol. The molecule has 1 heterocycles. The summed E-state index contributed by atoms with van der Waals surface area (Å²) < 4.78 is 15.5. The molecule has 0 amide bonds. The zero-order valence-electron chi connectivity index (χ0n) is 15.6. The van der Waals surface area contributed by atoms with Gasteiger partial charge in [-0.05, 0) is 43.2 Å². The Morgan fingerprint density at radius 1 is 1.29 bits per heavy atom. The third-order valence-electron chi connectivity index (χ3n) is 5.72. The van der Waals surface area contributed by atoms with Crippen molar-refractivity contribution in [1.82, 2.24) is 4.90 Å². The van der Waals surface area contributed by atoms with Crippen molar-refractivity contribution in [3.63, 3.8) is 0 Å². The minimum atomic E-state index is -1.82. The summed E-state index contributed by atoms with van der Waals surface area (Å²) in [6, 6.07) is 10.8. The van der Waals surface area contributed by atoms with Gasteiger partial charge in [0, 0.05) is 35.4 Å². The lowest BCUT2D eigenvalue weighted by molar-refractivity contribution is 0.172. The van der Waals surface area contributed by atoms with Gasteiger partial charge in [-0.3, -0.25) is 4.90 Å². The van der Waals surface area contributed by atoms with E-state index in [9.17, 15) is 20.2 Å². The molecule has 3 rings (SSSR count). The van der Waals surface area contributed by atoms with Crippen LogP contribution in [0.15, 0.2) is 45.6 Å². The van der Waals surface area contributed by atoms with E-state index in [1.54, 1.807) is 12.1 Å². The number of rotatable bonds is 2. The van der Waals surface area contributed by atoms with Crippen LogP contribution in [0.2, 0.25) is 0 Å². The molecule has 0 saturated carbocycles. The molecule has 2 N–H and O–H groups in total. The molecule has 0 bridgehead atoms. The van der Waals surface area contributed by atoms with Crippen molar-refractivity contribution < 1.29 is 4.39 Å². The summed E-state index contributed by atoms with van der Waals surface area (Å²) in [5.41, 5.74) is 5.43. The Hall–Kier alpha value is -2.66. The summed E-state index contributed by atoms with van der Waals surface area (Å²) in [6.45, 7) is 5.23. The predicted octanol–water partition coefficient (Wildman–Crippen LogP) is 3.72. The topological polar surface area (TPSA) is 101 Å². The van der Waals surface area contributed by atoms with Crippen molar-refractivity contribution in [2.45, 2.75) is 25.8 Å². The first-order chi connectivity index (χ1) is 13.3. The van der Waals surface area contributed by atoms with Crippen molar-refractivity contribution in [2.24, 2.45) is 17.1 Å². The van der Waals surface area contributed by atoms with Crippen LogP contribution in [0, 0.1) is 51.1 Å². The van der Waals surface area contributed by atoms with E-state index >= 15 is 0 Å². The summed E-state index contributed by atoms with van der Waals surface area (Å²) in [5, 5.41) is 29.7. The Morgan fingerprint density at radius 2 is 1.96 bits per heavy atom. The fraction of sp³-hybridized carbons (Fsp3) is 0.381. The Morgan fingerprint density at radius 3 is 2.54 bits per heavy atom. The molecule has 0 saturated heterocycles. The van der Waals surface area contributed by atoms with E-state index in [4.69, 9.17) is 5.73 Å². The van der Waals surface area contributed by atoms with E-state index in [-0.39, 0.29) is 22.9 Å². The molecule has 7 heteroatoms. The Kier molecular flexibility index (Phi) is 5.31. The molecule has 0 radical (unpaired) electrons. The summed E-state index contributed by atoms with van der Waals surface area (Å²) in [7, 11) is 0. The van der Waals surface area contributed by atoms with Gasteiger partial charge < -0.3 is 5.73 Å². The molecule has 5 nitrogen and oxygen atoms in total. The van der Waals surface area contributed by atoms with Gasteiger partial charge in [0.05, 0.1) is 23.4 Å². The second-order valence-electron chi connectivity index (χ2n) is 7.39. The fourth-order valence-corrected chi connectivity index (χ4v) is 4.60. The lowest BCUT2D eigenvalue weighted by Gasteiger charge is -2.46. The molecule has 2 atom stereocenters. The van der Waals surface area contributed by atoms with E-state index in [0.29, 0.717) is 23.1 Å². The number of fused-ring (bicyclic) bond motifs is 1. The van der Waals surface area contributed by atoms with Crippen LogP contribution in [-0.4, -0.2) is 24.0 Å². The molecule has 2 aliphatic rings. The van der Waals surface area contributed by atoms with Crippen molar-refractivity contribution in [3.05, 3.63) is 57.0 Å². The van der Waals surface area contributed by atoms with Gasteiger partial charge in [-0.15, -0.1) is 0 Å². The van der Waals surface area contributed by atoms with Gasteiger partial charge >= 0.3 is 0 Å². The lowest BCUT2D eigenvalue weighted by Crippen LogP contribution is -2.49. The average Bonchev–Trinajstić information content (AvgIpc) is 2.69. The maximum atomic E-state index is 14.9. The predicted molar refractivity (Wildman–Crippen MR) is 106 cm³/mol. The van der Waals surface area contributed by atoms with E-state index in [1.807, 2.05) is 32.1 Å². The van der Waals surface area contributed by atoms with Gasteiger partial charge in [0.2, 0.25) is 0 Å². The zero-order valence-corrected chi connectivity index (χ0v) is 17.2. The highest BCUT2D eigenvalue weighted by atomic mass is 79.9. The number of hydrogen-bond donors (Lipinski definition) is 1. The van der Waals surface area contributed by atoms with E-state index in [1.165, 1.54) is 6.07 Å². The number of nitrogens with two attached hydrogens (primary N) is 1. The quantitative estimate of drug-likeness (QED) is 0.756. The zero-order chi connectivity index (χ0) is 20.6. The minimum Gasteiger partial charge on any atom is -0.399 e. The highest BCUT2D eigenvalue weighted by molar-refractivity contribution is 9.10. The molecule has 0 fully saturated rings. The molecular weight excluding hydrogens is 421 g/mol. The summed E-state index contributed by atoms with van der Waals surface area (Å²) in [4.78, 5) is 2.17. The molecule has 28 heavy (non-hydrogen) atoms. The molecule has 0 spiro atoms. The standard InChI is InChI=1S/C21H19BrFN5/c1-12(2)28-6-5-14-16(8-24)20(27)21(10-25,11-26)19(17(14)9-28)15-7-13(22)3-4-18(15)23/h3-5,7,12,17,19H,6,9,27H2,1-2H3.